The number of carbonyl (C=O) groups is 1. The first kappa shape index (κ1) is 15.4. The van der Waals surface area contributed by atoms with Gasteiger partial charge in [0.05, 0.1) is 12.2 Å². The summed E-state index contributed by atoms with van der Waals surface area (Å²) in [6.07, 6.45) is 11.3. The third kappa shape index (κ3) is 2.88. The monoisotopic (exact) mass is 330 g/mol. The Morgan fingerprint density at radius 1 is 1.28 bits per heavy atom. The summed E-state index contributed by atoms with van der Waals surface area (Å²) in [7, 11) is 0. The molecule has 0 saturated carbocycles. The Hall–Kier alpha value is -3.10. The van der Waals surface area contributed by atoms with Gasteiger partial charge in [0.25, 0.3) is 0 Å². The van der Waals surface area contributed by atoms with Crippen LogP contribution in [0.4, 0.5) is 0 Å². The fourth-order valence-electron chi connectivity index (χ4n) is 3.30. The van der Waals surface area contributed by atoms with Gasteiger partial charge in [-0.05, 0) is 11.6 Å². The van der Waals surface area contributed by atoms with Crippen molar-refractivity contribution in [3.05, 3.63) is 70.7 Å². The van der Waals surface area contributed by atoms with E-state index in [4.69, 9.17) is 6.42 Å². The molecule has 3 aliphatic rings. The molecule has 0 aromatic heterocycles. The molecular weight excluding hydrogens is 312 g/mol. The lowest BCUT2D eigenvalue weighted by Crippen LogP contribution is -2.31. The molecule has 0 bridgehead atoms. The SMILES string of the molecule is C#CCNCc1ccc(C2=NC=C3C=CC(=O)NC4=C3N2CC4)cc1. The first-order chi connectivity index (χ1) is 12.3. The van der Waals surface area contributed by atoms with Crippen molar-refractivity contribution in [3.8, 4) is 12.3 Å². The zero-order valence-corrected chi connectivity index (χ0v) is 13.7. The first-order valence-electron chi connectivity index (χ1n) is 8.28. The average Bonchev–Trinajstić information content (AvgIpc) is 2.97. The van der Waals surface area contributed by atoms with Crippen LogP contribution in [-0.2, 0) is 11.3 Å². The Morgan fingerprint density at radius 3 is 2.92 bits per heavy atom. The number of allylic oxidation sites excluding steroid dienone is 1. The fraction of sp³-hybridized carbons (Fsp3) is 0.200. The molecule has 0 aliphatic carbocycles. The van der Waals surface area contributed by atoms with Crippen molar-refractivity contribution in [2.24, 2.45) is 4.99 Å². The third-order valence-electron chi connectivity index (χ3n) is 4.45. The Balaban J connectivity index is 1.61. The van der Waals surface area contributed by atoms with Crippen molar-refractivity contribution in [1.82, 2.24) is 15.5 Å². The Morgan fingerprint density at radius 2 is 2.12 bits per heavy atom. The van der Waals surface area contributed by atoms with Crippen LogP contribution in [0, 0.1) is 12.3 Å². The van der Waals surface area contributed by atoms with Gasteiger partial charge >= 0.3 is 0 Å². The van der Waals surface area contributed by atoms with Crippen molar-refractivity contribution >= 4 is 11.7 Å². The number of aliphatic imine (C=N–C) groups is 1. The van der Waals surface area contributed by atoms with Crippen molar-refractivity contribution in [2.45, 2.75) is 13.0 Å². The molecule has 3 heterocycles. The zero-order chi connectivity index (χ0) is 17.2. The quantitative estimate of drug-likeness (QED) is 0.652. The van der Waals surface area contributed by atoms with Crippen LogP contribution in [0.2, 0.25) is 0 Å². The van der Waals surface area contributed by atoms with E-state index >= 15 is 0 Å². The van der Waals surface area contributed by atoms with E-state index < -0.39 is 0 Å². The van der Waals surface area contributed by atoms with Crippen LogP contribution in [0.15, 0.2) is 64.6 Å². The van der Waals surface area contributed by atoms with E-state index in [-0.39, 0.29) is 5.91 Å². The number of hydrogen-bond acceptors (Lipinski definition) is 4. The van der Waals surface area contributed by atoms with Gasteiger partial charge in [0, 0.05) is 48.6 Å². The van der Waals surface area contributed by atoms with Crippen LogP contribution >= 0.6 is 0 Å². The van der Waals surface area contributed by atoms with Crippen molar-refractivity contribution in [1.29, 1.82) is 0 Å². The molecular formula is C20H18N4O. The Bertz CT molecular complexity index is 881. The number of hydrogen-bond donors (Lipinski definition) is 2. The predicted octanol–water partition coefficient (Wildman–Crippen LogP) is 1.66. The minimum atomic E-state index is -0.0787. The summed E-state index contributed by atoms with van der Waals surface area (Å²) in [5.41, 5.74) is 5.25. The molecule has 4 rings (SSSR count). The Kier molecular flexibility index (Phi) is 3.96. The summed E-state index contributed by atoms with van der Waals surface area (Å²) in [6, 6.07) is 8.32. The van der Waals surface area contributed by atoms with E-state index in [0.717, 1.165) is 47.9 Å². The van der Waals surface area contributed by atoms with Gasteiger partial charge in [-0.3, -0.25) is 4.79 Å². The minimum absolute atomic E-state index is 0.0787. The number of nitrogens with one attached hydrogen (secondary N) is 2. The highest BCUT2D eigenvalue weighted by atomic mass is 16.1. The topological polar surface area (TPSA) is 56.7 Å². The van der Waals surface area contributed by atoms with Crippen LogP contribution in [-0.4, -0.2) is 29.7 Å². The minimum Gasteiger partial charge on any atom is -0.324 e. The molecule has 1 amide bonds. The van der Waals surface area contributed by atoms with Crippen molar-refractivity contribution in [3.63, 3.8) is 0 Å². The van der Waals surface area contributed by atoms with Gasteiger partial charge in [-0.15, -0.1) is 6.42 Å². The molecule has 0 radical (unpaired) electrons. The number of amidine groups is 1. The molecule has 0 atom stereocenters. The van der Waals surface area contributed by atoms with Crippen LogP contribution in [0.3, 0.4) is 0 Å². The second-order valence-corrected chi connectivity index (χ2v) is 6.09. The van der Waals surface area contributed by atoms with E-state index in [1.807, 2.05) is 12.3 Å². The smallest absolute Gasteiger partial charge is 0.248 e. The fourth-order valence-corrected chi connectivity index (χ4v) is 3.30. The molecule has 1 aromatic rings. The summed E-state index contributed by atoms with van der Waals surface area (Å²) in [5, 5.41) is 6.15. The largest absolute Gasteiger partial charge is 0.324 e. The highest BCUT2D eigenvalue weighted by molar-refractivity contribution is 6.02. The maximum Gasteiger partial charge on any atom is 0.248 e. The van der Waals surface area contributed by atoms with Crippen molar-refractivity contribution < 1.29 is 4.79 Å². The second-order valence-electron chi connectivity index (χ2n) is 6.09. The average molecular weight is 330 g/mol. The van der Waals surface area contributed by atoms with Crippen molar-refractivity contribution in [2.75, 3.05) is 13.1 Å². The van der Waals surface area contributed by atoms with Crippen LogP contribution in [0.5, 0.6) is 0 Å². The molecule has 2 N–H and O–H groups in total. The van der Waals surface area contributed by atoms with Gasteiger partial charge in [-0.1, -0.05) is 30.2 Å². The molecule has 25 heavy (non-hydrogen) atoms. The molecule has 0 saturated heterocycles. The van der Waals surface area contributed by atoms with Gasteiger partial charge in [0.15, 0.2) is 0 Å². The van der Waals surface area contributed by atoms with Crippen LogP contribution in [0.1, 0.15) is 17.5 Å². The maximum absolute atomic E-state index is 11.8. The number of benzene rings is 1. The van der Waals surface area contributed by atoms with E-state index in [1.54, 1.807) is 6.08 Å². The lowest BCUT2D eigenvalue weighted by molar-refractivity contribution is -0.115. The van der Waals surface area contributed by atoms with E-state index in [1.165, 1.54) is 5.56 Å². The van der Waals surface area contributed by atoms with Gasteiger partial charge in [0.2, 0.25) is 5.91 Å². The third-order valence-corrected chi connectivity index (χ3v) is 4.45. The molecule has 5 heteroatoms. The van der Waals surface area contributed by atoms with E-state index in [0.29, 0.717) is 6.54 Å². The molecule has 1 aromatic carbocycles. The molecule has 0 fully saturated rings. The highest BCUT2D eigenvalue weighted by Crippen LogP contribution is 2.34. The summed E-state index contributed by atoms with van der Waals surface area (Å²) in [5.74, 6) is 3.41. The highest BCUT2D eigenvalue weighted by Gasteiger charge is 2.32. The van der Waals surface area contributed by atoms with Gasteiger partial charge in [-0.25, -0.2) is 4.99 Å². The summed E-state index contributed by atoms with van der Waals surface area (Å²) < 4.78 is 0. The normalized spacial score (nSPS) is 18.2. The Labute approximate surface area is 146 Å². The van der Waals surface area contributed by atoms with Crippen LogP contribution in [0.25, 0.3) is 0 Å². The van der Waals surface area contributed by atoms with Crippen LogP contribution < -0.4 is 10.6 Å². The maximum atomic E-state index is 11.8. The molecule has 5 nitrogen and oxygen atoms in total. The van der Waals surface area contributed by atoms with E-state index in [2.05, 4.69) is 50.7 Å². The number of carbonyl (C=O) groups excluding carboxylic acids is 1. The molecule has 0 unspecified atom stereocenters. The zero-order valence-electron chi connectivity index (χ0n) is 13.7. The number of rotatable bonds is 4. The summed E-state index contributed by atoms with van der Waals surface area (Å²) in [4.78, 5) is 18.6. The lowest BCUT2D eigenvalue weighted by atomic mass is 10.1. The van der Waals surface area contributed by atoms with Gasteiger partial charge < -0.3 is 15.5 Å². The first-order valence-corrected chi connectivity index (χ1v) is 8.28. The standard InChI is InChI=1S/C20H18N4O/c1-2-10-21-12-14-3-5-15(6-4-14)20-22-13-16-7-8-18(25)23-17-9-11-24(20)19(16)17/h1,3-8,13,21H,9-12H2,(H,23,25). The second kappa shape index (κ2) is 6.42. The number of terminal acetylenes is 1. The van der Waals surface area contributed by atoms with E-state index in [9.17, 15) is 4.79 Å². The summed E-state index contributed by atoms with van der Waals surface area (Å²) in [6.45, 7) is 2.13. The molecule has 3 aliphatic heterocycles. The predicted molar refractivity (Wildman–Crippen MR) is 97.2 cm³/mol. The number of amides is 1. The lowest BCUT2D eigenvalue weighted by Gasteiger charge is -2.27. The summed E-state index contributed by atoms with van der Waals surface area (Å²) >= 11 is 0. The molecule has 0 spiro atoms. The van der Waals surface area contributed by atoms with Gasteiger partial charge in [0.1, 0.15) is 5.84 Å². The molecule has 124 valence electrons. The number of nitrogens with zero attached hydrogens (tertiary/aromatic N) is 2. The van der Waals surface area contributed by atoms with Gasteiger partial charge in [-0.2, -0.15) is 0 Å².